The summed E-state index contributed by atoms with van der Waals surface area (Å²) in [7, 11) is 2.13. The highest BCUT2D eigenvalue weighted by Gasteiger charge is 2.24. The third kappa shape index (κ3) is 5.42. The third-order valence-electron chi connectivity index (χ3n) is 4.92. The van der Waals surface area contributed by atoms with E-state index < -0.39 is 0 Å². The maximum absolute atomic E-state index is 3.53. The maximum Gasteiger partial charge on any atom is 0.00669 e. The van der Waals surface area contributed by atoms with Crippen molar-refractivity contribution in [2.45, 2.75) is 78.7 Å². The molecule has 0 saturated heterocycles. The molecule has 0 aromatic heterocycles. The number of hydrogen-bond donors (Lipinski definition) is 1. The van der Waals surface area contributed by atoms with Crippen LogP contribution in [0.1, 0.15) is 72.6 Å². The summed E-state index contributed by atoms with van der Waals surface area (Å²) in [5.41, 5.74) is 0.447. The average Bonchev–Trinajstić information content (AvgIpc) is 2.75. The van der Waals surface area contributed by atoms with Gasteiger partial charge in [0, 0.05) is 6.04 Å². The fourth-order valence-electron chi connectivity index (χ4n) is 2.90. The van der Waals surface area contributed by atoms with Crippen LogP contribution in [0.25, 0.3) is 0 Å². The van der Waals surface area contributed by atoms with Crippen LogP contribution in [-0.2, 0) is 0 Å². The normalized spacial score (nSPS) is 21.7. The van der Waals surface area contributed by atoms with Gasteiger partial charge in [-0.25, -0.2) is 0 Å². The van der Waals surface area contributed by atoms with E-state index in [0.29, 0.717) is 5.41 Å². The Morgan fingerprint density at radius 2 is 1.76 bits per heavy atom. The van der Waals surface area contributed by atoms with E-state index in [1.54, 1.807) is 0 Å². The second-order valence-electron chi connectivity index (χ2n) is 7.22. The average molecular weight is 239 g/mol. The Morgan fingerprint density at radius 3 is 2.24 bits per heavy atom. The van der Waals surface area contributed by atoms with E-state index >= 15 is 0 Å². The Labute approximate surface area is 109 Å². The molecule has 0 amide bonds. The fraction of sp³-hybridized carbons (Fsp3) is 1.00. The molecule has 2 atom stereocenters. The highest BCUT2D eigenvalue weighted by atomic mass is 14.9. The van der Waals surface area contributed by atoms with Crippen molar-refractivity contribution in [2.75, 3.05) is 7.05 Å². The van der Waals surface area contributed by atoms with Crippen molar-refractivity contribution in [2.24, 2.45) is 17.3 Å². The number of nitrogens with one attached hydrogen (secondary N) is 1. The highest BCUT2D eigenvalue weighted by molar-refractivity contribution is 4.78. The Hall–Kier alpha value is -0.0400. The number of rotatable bonds is 6. The van der Waals surface area contributed by atoms with Gasteiger partial charge in [-0.2, -0.15) is 0 Å². The Morgan fingerprint density at radius 1 is 1.18 bits per heavy atom. The van der Waals surface area contributed by atoms with Crippen molar-refractivity contribution in [1.29, 1.82) is 0 Å². The van der Waals surface area contributed by atoms with E-state index in [1.807, 2.05) is 0 Å². The van der Waals surface area contributed by atoms with Crippen molar-refractivity contribution in [3.8, 4) is 0 Å². The van der Waals surface area contributed by atoms with Crippen LogP contribution in [0.2, 0.25) is 0 Å². The minimum absolute atomic E-state index is 0.447. The molecular weight excluding hydrogens is 206 g/mol. The van der Waals surface area contributed by atoms with Gasteiger partial charge in [-0.1, -0.05) is 53.4 Å². The van der Waals surface area contributed by atoms with Crippen LogP contribution in [0.5, 0.6) is 0 Å². The molecule has 1 rings (SSSR count). The summed E-state index contributed by atoms with van der Waals surface area (Å²) in [6.45, 7) is 9.49. The van der Waals surface area contributed by atoms with Crippen molar-refractivity contribution in [3.63, 3.8) is 0 Å². The zero-order valence-corrected chi connectivity index (χ0v) is 12.7. The summed E-state index contributed by atoms with van der Waals surface area (Å²) in [4.78, 5) is 0. The monoisotopic (exact) mass is 239 g/mol. The van der Waals surface area contributed by atoms with Crippen LogP contribution in [0, 0.1) is 17.3 Å². The molecule has 1 aliphatic carbocycles. The molecule has 0 bridgehead atoms. The third-order valence-corrected chi connectivity index (χ3v) is 4.92. The van der Waals surface area contributed by atoms with Gasteiger partial charge in [-0.05, 0) is 43.6 Å². The molecule has 1 saturated carbocycles. The lowest BCUT2D eigenvalue weighted by atomic mass is 9.77. The molecule has 0 aliphatic heterocycles. The summed E-state index contributed by atoms with van der Waals surface area (Å²) >= 11 is 0. The molecule has 1 N–H and O–H groups in total. The standard InChI is InChI=1S/C16H33N/c1-13(16(2,3)4)12-15(17-5)11-10-14-8-6-7-9-14/h13-15,17H,6-12H2,1-5H3. The van der Waals surface area contributed by atoms with Crippen molar-refractivity contribution in [3.05, 3.63) is 0 Å². The van der Waals surface area contributed by atoms with Gasteiger partial charge < -0.3 is 5.32 Å². The van der Waals surface area contributed by atoms with Gasteiger partial charge in [0.1, 0.15) is 0 Å². The van der Waals surface area contributed by atoms with Crippen LogP contribution in [0.15, 0.2) is 0 Å². The fourth-order valence-corrected chi connectivity index (χ4v) is 2.90. The summed E-state index contributed by atoms with van der Waals surface area (Å²) in [5, 5.41) is 3.53. The number of hydrogen-bond acceptors (Lipinski definition) is 1. The molecule has 1 fully saturated rings. The van der Waals surface area contributed by atoms with Gasteiger partial charge in [0.05, 0.1) is 0 Å². The van der Waals surface area contributed by atoms with Crippen LogP contribution in [-0.4, -0.2) is 13.1 Å². The minimum Gasteiger partial charge on any atom is -0.317 e. The Balaban J connectivity index is 2.27. The van der Waals surface area contributed by atoms with E-state index in [2.05, 4.69) is 40.1 Å². The largest absolute Gasteiger partial charge is 0.317 e. The van der Waals surface area contributed by atoms with Gasteiger partial charge in [0.25, 0.3) is 0 Å². The lowest BCUT2D eigenvalue weighted by Gasteiger charge is -2.31. The van der Waals surface area contributed by atoms with Crippen molar-refractivity contribution >= 4 is 0 Å². The summed E-state index contributed by atoms with van der Waals surface area (Å²) in [6.07, 6.45) is 10.1. The van der Waals surface area contributed by atoms with Gasteiger partial charge >= 0.3 is 0 Å². The van der Waals surface area contributed by atoms with Crippen LogP contribution >= 0.6 is 0 Å². The summed E-state index contributed by atoms with van der Waals surface area (Å²) < 4.78 is 0. The topological polar surface area (TPSA) is 12.0 Å². The second kappa shape index (κ2) is 6.78. The molecule has 0 aromatic carbocycles. The molecule has 0 aromatic rings. The Kier molecular flexibility index (Phi) is 5.99. The second-order valence-corrected chi connectivity index (χ2v) is 7.22. The van der Waals surface area contributed by atoms with Gasteiger partial charge in [-0.15, -0.1) is 0 Å². The van der Waals surface area contributed by atoms with Crippen molar-refractivity contribution in [1.82, 2.24) is 5.32 Å². The zero-order valence-electron chi connectivity index (χ0n) is 12.7. The highest BCUT2D eigenvalue weighted by Crippen LogP contribution is 2.32. The zero-order chi connectivity index (χ0) is 12.9. The van der Waals surface area contributed by atoms with Gasteiger partial charge in [-0.3, -0.25) is 0 Å². The Bertz CT molecular complexity index is 198. The summed E-state index contributed by atoms with van der Waals surface area (Å²) in [6, 6.07) is 0.727. The molecule has 0 radical (unpaired) electrons. The predicted molar refractivity (Wildman–Crippen MR) is 77.3 cm³/mol. The quantitative estimate of drug-likeness (QED) is 0.713. The molecule has 0 heterocycles. The van der Waals surface area contributed by atoms with E-state index in [-0.39, 0.29) is 0 Å². The van der Waals surface area contributed by atoms with Gasteiger partial charge in [0.2, 0.25) is 0 Å². The lowest BCUT2D eigenvalue weighted by Crippen LogP contribution is -2.31. The molecule has 1 nitrogen and oxygen atoms in total. The molecule has 0 spiro atoms. The smallest absolute Gasteiger partial charge is 0.00669 e. The summed E-state index contributed by atoms with van der Waals surface area (Å²) in [5.74, 6) is 1.83. The van der Waals surface area contributed by atoms with Crippen LogP contribution in [0.3, 0.4) is 0 Å². The first-order valence-electron chi connectivity index (χ1n) is 7.60. The molecule has 17 heavy (non-hydrogen) atoms. The van der Waals surface area contributed by atoms with Crippen LogP contribution in [0.4, 0.5) is 0 Å². The van der Waals surface area contributed by atoms with E-state index in [4.69, 9.17) is 0 Å². The maximum atomic E-state index is 3.53. The van der Waals surface area contributed by atoms with Crippen molar-refractivity contribution < 1.29 is 0 Å². The molecular formula is C16H33N. The molecule has 2 unspecified atom stereocenters. The first-order valence-corrected chi connectivity index (χ1v) is 7.60. The minimum atomic E-state index is 0.447. The first-order chi connectivity index (χ1) is 7.93. The molecule has 1 aliphatic rings. The van der Waals surface area contributed by atoms with E-state index in [9.17, 15) is 0 Å². The predicted octanol–water partition coefficient (Wildman–Crippen LogP) is 4.62. The SMILES string of the molecule is CNC(CCC1CCCC1)CC(C)C(C)(C)C. The molecule has 102 valence electrons. The first kappa shape index (κ1) is 15.0. The molecule has 1 heteroatoms. The van der Waals surface area contributed by atoms with E-state index in [0.717, 1.165) is 17.9 Å². The van der Waals surface area contributed by atoms with Gasteiger partial charge in [0.15, 0.2) is 0 Å². The van der Waals surface area contributed by atoms with Crippen LogP contribution < -0.4 is 5.32 Å². The van der Waals surface area contributed by atoms with E-state index in [1.165, 1.54) is 44.9 Å². The lowest BCUT2D eigenvalue weighted by molar-refractivity contribution is 0.218.